The van der Waals surface area contributed by atoms with E-state index in [2.05, 4.69) is 0 Å². The highest BCUT2D eigenvalue weighted by Crippen LogP contribution is 2.86. The average molecular weight is 444 g/mol. The van der Waals surface area contributed by atoms with E-state index in [1.807, 2.05) is 20.8 Å². The highest BCUT2D eigenvalue weighted by molar-refractivity contribution is 7.90. The first-order valence-corrected chi connectivity index (χ1v) is 11.8. The Balaban J connectivity index is 1.76. The maximum Gasteiger partial charge on any atom is 0.269 e. The van der Waals surface area contributed by atoms with E-state index in [0.29, 0.717) is 10.7 Å². The van der Waals surface area contributed by atoms with Crippen LogP contribution in [0, 0.1) is 36.0 Å². The van der Waals surface area contributed by atoms with Crippen LogP contribution in [0.15, 0.2) is 16.5 Å². The van der Waals surface area contributed by atoms with Gasteiger partial charge in [-0.2, -0.15) is 0 Å². The van der Waals surface area contributed by atoms with E-state index in [1.54, 1.807) is 0 Å². The molecule has 5 rings (SSSR count). The van der Waals surface area contributed by atoms with Gasteiger partial charge in [0.15, 0.2) is 11.6 Å². The maximum absolute atomic E-state index is 13.6. The van der Waals surface area contributed by atoms with Crippen LogP contribution < -0.4 is 0 Å². The number of aliphatic hydroxyl groups is 1. The minimum absolute atomic E-state index is 0.0169. The molecule has 3 fully saturated rings. The Morgan fingerprint density at radius 3 is 2.29 bits per heavy atom. The molecule has 1 heterocycles. The molecule has 1 aromatic rings. The second-order valence-corrected chi connectivity index (χ2v) is 12.1. The number of allylic oxidation sites excluding steroid dienone is 1. The van der Waals surface area contributed by atoms with E-state index in [1.165, 1.54) is 27.0 Å². The molecule has 3 atom stereocenters. The number of fused-ring (bicyclic) bond motifs is 1. The first-order chi connectivity index (χ1) is 14.2. The number of amides is 1. The topological polar surface area (TPSA) is 109 Å². The van der Waals surface area contributed by atoms with E-state index in [-0.39, 0.29) is 55.6 Å². The van der Waals surface area contributed by atoms with Crippen molar-refractivity contribution in [3.8, 4) is 0 Å². The van der Waals surface area contributed by atoms with Crippen molar-refractivity contribution in [1.29, 1.82) is 0 Å². The van der Waals surface area contributed by atoms with Gasteiger partial charge in [-0.05, 0) is 55.2 Å². The van der Waals surface area contributed by atoms with Crippen molar-refractivity contribution < 1.29 is 27.9 Å². The summed E-state index contributed by atoms with van der Waals surface area (Å²) in [5.74, 6) is -1.71. The van der Waals surface area contributed by atoms with Gasteiger partial charge in [0.1, 0.15) is 16.2 Å². The van der Waals surface area contributed by atoms with Crippen LogP contribution in [0.25, 0.3) is 5.76 Å². The summed E-state index contributed by atoms with van der Waals surface area (Å²) in [6.07, 6.45) is 1.41. The summed E-state index contributed by atoms with van der Waals surface area (Å²) < 4.78 is 25.9. The SMILES string of the molecule is Cc1cc(/C(O)=C2\C(=O)C3(C)CCC4C(C)(C)C43C2=O)c(C)c2c1S(=O)(=O)N(C)C2=O. The fraction of sp³-hybridized carbons (Fsp3) is 0.522. The van der Waals surface area contributed by atoms with Gasteiger partial charge in [-0.3, -0.25) is 14.4 Å². The summed E-state index contributed by atoms with van der Waals surface area (Å²) >= 11 is 0. The Labute approximate surface area is 181 Å². The van der Waals surface area contributed by atoms with Gasteiger partial charge >= 0.3 is 0 Å². The van der Waals surface area contributed by atoms with Crippen LogP contribution in [0.4, 0.5) is 0 Å². The summed E-state index contributed by atoms with van der Waals surface area (Å²) in [5, 5.41) is 11.2. The predicted molar refractivity (Wildman–Crippen MR) is 112 cm³/mol. The fourth-order valence-corrected chi connectivity index (χ4v) is 8.77. The lowest BCUT2D eigenvalue weighted by molar-refractivity contribution is -0.127. The number of hydrogen-bond acceptors (Lipinski definition) is 6. The molecule has 3 aliphatic carbocycles. The molecule has 1 spiro atoms. The molecule has 1 amide bonds. The summed E-state index contributed by atoms with van der Waals surface area (Å²) in [7, 11) is -2.77. The van der Waals surface area contributed by atoms with E-state index < -0.39 is 32.5 Å². The quantitative estimate of drug-likeness (QED) is 0.406. The second kappa shape index (κ2) is 5.28. The van der Waals surface area contributed by atoms with E-state index >= 15 is 0 Å². The third kappa shape index (κ3) is 1.81. The van der Waals surface area contributed by atoms with Crippen LogP contribution in [-0.4, -0.2) is 42.4 Å². The van der Waals surface area contributed by atoms with E-state index in [9.17, 15) is 27.9 Å². The third-order valence-electron chi connectivity index (χ3n) is 8.78. The number of carbonyl (C=O) groups is 3. The number of nitrogens with zero attached hydrogens (tertiary/aromatic N) is 1. The minimum Gasteiger partial charge on any atom is -0.506 e. The number of aryl methyl sites for hydroxylation is 1. The molecule has 8 heteroatoms. The van der Waals surface area contributed by atoms with Crippen LogP contribution >= 0.6 is 0 Å². The Hall–Kier alpha value is -2.48. The van der Waals surface area contributed by atoms with Gasteiger partial charge in [-0.25, -0.2) is 12.7 Å². The van der Waals surface area contributed by atoms with Crippen LogP contribution in [0.5, 0.6) is 0 Å². The molecule has 164 valence electrons. The van der Waals surface area contributed by atoms with Crippen molar-refractivity contribution in [2.24, 2.45) is 22.2 Å². The second-order valence-electron chi connectivity index (χ2n) is 10.2. The number of rotatable bonds is 1. The van der Waals surface area contributed by atoms with Gasteiger partial charge in [-0.15, -0.1) is 0 Å². The molecule has 3 saturated carbocycles. The maximum atomic E-state index is 13.6. The predicted octanol–water partition coefficient (Wildman–Crippen LogP) is 2.94. The van der Waals surface area contributed by atoms with E-state index in [0.717, 1.165) is 6.42 Å². The van der Waals surface area contributed by atoms with Crippen molar-refractivity contribution in [2.75, 3.05) is 7.05 Å². The molecule has 4 aliphatic rings. The Bertz CT molecular complexity index is 1300. The molecule has 0 saturated heterocycles. The number of hydrogen-bond donors (Lipinski definition) is 1. The summed E-state index contributed by atoms with van der Waals surface area (Å²) in [6.45, 7) is 8.91. The highest BCUT2D eigenvalue weighted by atomic mass is 32.2. The largest absolute Gasteiger partial charge is 0.506 e. The standard InChI is InChI=1S/C23H25NO6S/c1-10-9-12(11(2)14-17(10)31(29,30)24(6)20(14)28)16(25)15-18(26)22(5)8-7-13-21(3,4)23(13,22)19(15)27/h9,13,25H,7-8H2,1-6H3/b16-15-. The lowest BCUT2D eigenvalue weighted by Crippen LogP contribution is -2.33. The molecule has 7 nitrogen and oxygen atoms in total. The lowest BCUT2D eigenvalue weighted by atomic mass is 9.71. The zero-order valence-corrected chi connectivity index (χ0v) is 19.2. The Morgan fingerprint density at radius 1 is 1.13 bits per heavy atom. The molecule has 1 aromatic carbocycles. The normalized spacial score (nSPS) is 35.9. The fourth-order valence-electron chi connectivity index (χ4n) is 7.23. The summed E-state index contributed by atoms with van der Waals surface area (Å²) in [5.41, 5.74) is -1.49. The zero-order chi connectivity index (χ0) is 23.0. The van der Waals surface area contributed by atoms with Crippen molar-refractivity contribution in [3.63, 3.8) is 0 Å². The molecule has 0 radical (unpaired) electrons. The van der Waals surface area contributed by atoms with Crippen molar-refractivity contribution in [1.82, 2.24) is 4.31 Å². The molecular weight excluding hydrogens is 418 g/mol. The van der Waals surface area contributed by atoms with Gasteiger partial charge in [-0.1, -0.05) is 20.8 Å². The molecule has 1 N–H and O–H groups in total. The first kappa shape index (κ1) is 20.4. The van der Waals surface area contributed by atoms with Gasteiger partial charge in [0.05, 0.1) is 11.0 Å². The number of benzene rings is 1. The molecule has 0 bridgehead atoms. The average Bonchev–Trinajstić information content (AvgIpc) is 2.86. The zero-order valence-electron chi connectivity index (χ0n) is 18.4. The highest BCUT2D eigenvalue weighted by Gasteiger charge is 2.89. The molecular formula is C23H25NO6S. The van der Waals surface area contributed by atoms with Crippen LogP contribution in [-0.2, 0) is 19.6 Å². The van der Waals surface area contributed by atoms with Crippen molar-refractivity contribution >= 4 is 33.3 Å². The van der Waals surface area contributed by atoms with Gasteiger partial charge in [0.2, 0.25) is 0 Å². The third-order valence-corrected chi connectivity index (χ3v) is 10.7. The lowest BCUT2D eigenvalue weighted by Gasteiger charge is -2.28. The van der Waals surface area contributed by atoms with Gasteiger partial charge < -0.3 is 5.11 Å². The monoisotopic (exact) mass is 443 g/mol. The van der Waals surface area contributed by atoms with Gasteiger partial charge in [0, 0.05) is 18.0 Å². The smallest absolute Gasteiger partial charge is 0.269 e. The Morgan fingerprint density at radius 2 is 1.74 bits per heavy atom. The number of carbonyl (C=O) groups excluding carboxylic acids is 3. The Kier molecular flexibility index (Phi) is 3.48. The number of Topliss-reactive ketones (excluding diaryl/α,β-unsaturated/α-hetero) is 2. The van der Waals surface area contributed by atoms with Crippen molar-refractivity contribution in [2.45, 2.75) is 52.4 Å². The number of aliphatic hydroxyl groups excluding tert-OH is 1. The van der Waals surface area contributed by atoms with Crippen LogP contribution in [0.2, 0.25) is 0 Å². The van der Waals surface area contributed by atoms with Crippen molar-refractivity contribution in [3.05, 3.63) is 33.9 Å². The minimum atomic E-state index is -3.96. The first-order valence-electron chi connectivity index (χ1n) is 10.4. The van der Waals surface area contributed by atoms with Crippen LogP contribution in [0.1, 0.15) is 60.7 Å². The van der Waals surface area contributed by atoms with Crippen LogP contribution in [0.3, 0.4) is 0 Å². The number of sulfonamides is 1. The summed E-state index contributed by atoms with van der Waals surface area (Å²) in [4.78, 5) is 39.7. The number of ketones is 2. The summed E-state index contributed by atoms with van der Waals surface area (Å²) in [6, 6.07) is 1.45. The van der Waals surface area contributed by atoms with E-state index in [4.69, 9.17) is 0 Å². The molecule has 3 unspecified atom stereocenters. The molecule has 1 aliphatic heterocycles. The molecule has 0 aromatic heterocycles. The molecule has 31 heavy (non-hydrogen) atoms. The van der Waals surface area contributed by atoms with Gasteiger partial charge in [0.25, 0.3) is 15.9 Å².